The molecular formula is C31H33N3O3. The third-order valence-corrected chi connectivity index (χ3v) is 7.51. The number of aliphatic hydroxyl groups is 1. The maximum absolute atomic E-state index is 13.6. The van der Waals surface area contributed by atoms with Crippen LogP contribution in [-0.2, 0) is 17.9 Å². The van der Waals surface area contributed by atoms with Gasteiger partial charge in [0.1, 0.15) is 11.1 Å². The molecule has 5 rings (SSSR count). The van der Waals surface area contributed by atoms with Crippen molar-refractivity contribution < 1.29 is 14.7 Å². The number of hydrogen-bond acceptors (Lipinski definition) is 4. The molecule has 0 saturated carbocycles. The van der Waals surface area contributed by atoms with E-state index >= 15 is 0 Å². The Morgan fingerprint density at radius 2 is 1.54 bits per heavy atom. The zero-order valence-corrected chi connectivity index (χ0v) is 21.7. The van der Waals surface area contributed by atoms with E-state index in [1.54, 1.807) is 25.8 Å². The Balaban J connectivity index is 1.23. The van der Waals surface area contributed by atoms with Crippen molar-refractivity contribution in [1.29, 1.82) is 0 Å². The van der Waals surface area contributed by atoms with Gasteiger partial charge in [0.25, 0.3) is 5.91 Å². The summed E-state index contributed by atoms with van der Waals surface area (Å²) >= 11 is 0. The number of nitrogens with zero attached hydrogens (tertiary/aromatic N) is 3. The van der Waals surface area contributed by atoms with Gasteiger partial charge in [0.2, 0.25) is 0 Å². The van der Waals surface area contributed by atoms with Crippen molar-refractivity contribution in [3.8, 4) is 11.8 Å². The molecule has 1 spiro atoms. The molecule has 2 aliphatic heterocycles. The minimum atomic E-state index is -1.01. The fourth-order valence-corrected chi connectivity index (χ4v) is 5.31. The van der Waals surface area contributed by atoms with Crippen molar-refractivity contribution in [2.75, 3.05) is 20.1 Å². The van der Waals surface area contributed by atoms with E-state index in [-0.39, 0.29) is 11.9 Å². The predicted molar refractivity (Wildman–Crippen MR) is 145 cm³/mol. The van der Waals surface area contributed by atoms with Crippen LogP contribution in [0.4, 0.5) is 4.79 Å². The number of imide groups is 1. The number of hydrogen-bond donors (Lipinski definition) is 1. The molecule has 0 atom stereocenters. The summed E-state index contributed by atoms with van der Waals surface area (Å²) in [6.45, 7) is 5.89. The van der Waals surface area contributed by atoms with Crippen LogP contribution < -0.4 is 0 Å². The average Bonchev–Trinajstić information content (AvgIpc) is 3.05. The number of urea groups is 1. The second kappa shape index (κ2) is 9.66. The van der Waals surface area contributed by atoms with Crippen molar-refractivity contribution in [3.63, 3.8) is 0 Å². The molecule has 0 unspecified atom stereocenters. The fourth-order valence-electron chi connectivity index (χ4n) is 5.31. The molecule has 0 aliphatic carbocycles. The van der Waals surface area contributed by atoms with Gasteiger partial charge in [-0.25, -0.2) is 4.79 Å². The SMILES string of the molecule is CN1C(=O)N(Cc2ccc3ccccc3c2)C(=O)C12CCN(Cc1ccc(C#CC(C)(C)O)cc1)CC2. The number of likely N-dealkylation sites (N-methyl/N-ethyl adjacent to an activating group) is 1. The van der Waals surface area contributed by atoms with Crippen LogP contribution in [0.1, 0.15) is 43.4 Å². The second-order valence-corrected chi connectivity index (χ2v) is 10.7. The van der Waals surface area contributed by atoms with Crippen molar-refractivity contribution in [2.24, 2.45) is 0 Å². The molecule has 1 N–H and O–H groups in total. The van der Waals surface area contributed by atoms with Crippen LogP contribution in [-0.4, -0.2) is 63.0 Å². The Morgan fingerprint density at radius 1 is 0.892 bits per heavy atom. The third kappa shape index (κ3) is 5.11. The zero-order chi connectivity index (χ0) is 26.2. The number of piperidine rings is 1. The highest BCUT2D eigenvalue weighted by atomic mass is 16.3. The normalized spacial score (nSPS) is 17.9. The predicted octanol–water partition coefficient (Wildman–Crippen LogP) is 4.39. The Kier molecular flexibility index (Phi) is 6.53. The number of fused-ring (bicyclic) bond motifs is 1. The van der Waals surface area contributed by atoms with Gasteiger partial charge in [-0.3, -0.25) is 14.6 Å². The van der Waals surface area contributed by atoms with Crippen LogP contribution >= 0.6 is 0 Å². The quantitative estimate of drug-likeness (QED) is 0.431. The van der Waals surface area contributed by atoms with Gasteiger partial charge < -0.3 is 10.0 Å². The van der Waals surface area contributed by atoms with Crippen molar-refractivity contribution in [3.05, 3.63) is 83.4 Å². The second-order valence-electron chi connectivity index (χ2n) is 10.7. The van der Waals surface area contributed by atoms with Gasteiger partial charge in [0.15, 0.2) is 0 Å². The molecule has 2 saturated heterocycles. The van der Waals surface area contributed by atoms with E-state index in [1.165, 1.54) is 10.5 Å². The van der Waals surface area contributed by atoms with Gasteiger partial charge >= 0.3 is 6.03 Å². The van der Waals surface area contributed by atoms with Crippen molar-refractivity contribution >= 4 is 22.7 Å². The molecule has 37 heavy (non-hydrogen) atoms. The summed E-state index contributed by atoms with van der Waals surface area (Å²) < 4.78 is 0. The van der Waals surface area contributed by atoms with E-state index in [9.17, 15) is 14.7 Å². The Hall–Kier alpha value is -3.66. The highest BCUT2D eigenvalue weighted by Crippen LogP contribution is 2.37. The van der Waals surface area contributed by atoms with E-state index in [4.69, 9.17) is 0 Å². The van der Waals surface area contributed by atoms with Crippen LogP contribution in [0.2, 0.25) is 0 Å². The summed E-state index contributed by atoms with van der Waals surface area (Å²) in [5.41, 5.74) is 1.22. The van der Waals surface area contributed by atoms with Crippen LogP contribution in [0.5, 0.6) is 0 Å². The van der Waals surface area contributed by atoms with Gasteiger partial charge in [-0.1, -0.05) is 60.4 Å². The molecule has 190 valence electrons. The number of carbonyl (C=O) groups excluding carboxylic acids is 2. The lowest BCUT2D eigenvalue weighted by molar-refractivity contribution is -0.135. The van der Waals surface area contributed by atoms with Crippen molar-refractivity contribution in [1.82, 2.24) is 14.7 Å². The summed E-state index contributed by atoms with van der Waals surface area (Å²) in [4.78, 5) is 32.2. The Labute approximate surface area is 218 Å². The molecule has 0 bridgehead atoms. The monoisotopic (exact) mass is 495 g/mol. The van der Waals surface area contributed by atoms with E-state index in [0.29, 0.717) is 19.4 Å². The van der Waals surface area contributed by atoms with Gasteiger partial charge in [-0.15, -0.1) is 0 Å². The Bertz CT molecular complexity index is 1390. The molecule has 3 aromatic carbocycles. The van der Waals surface area contributed by atoms with E-state index in [0.717, 1.165) is 41.5 Å². The number of carbonyl (C=O) groups is 2. The van der Waals surface area contributed by atoms with Gasteiger partial charge in [-0.2, -0.15) is 0 Å². The first-order valence-electron chi connectivity index (χ1n) is 12.8. The van der Waals surface area contributed by atoms with E-state index in [1.807, 2.05) is 42.5 Å². The fraction of sp³-hybridized carbons (Fsp3) is 0.355. The summed E-state index contributed by atoms with van der Waals surface area (Å²) in [7, 11) is 1.77. The highest BCUT2D eigenvalue weighted by molar-refractivity contribution is 6.07. The first-order valence-corrected chi connectivity index (χ1v) is 12.8. The molecule has 0 radical (unpaired) electrons. The topological polar surface area (TPSA) is 64.1 Å². The summed E-state index contributed by atoms with van der Waals surface area (Å²) in [6, 6.07) is 22.0. The molecule has 2 fully saturated rings. The van der Waals surface area contributed by atoms with Gasteiger partial charge in [-0.05, 0) is 66.8 Å². The first kappa shape index (κ1) is 25.0. The zero-order valence-electron chi connectivity index (χ0n) is 21.7. The lowest BCUT2D eigenvalue weighted by atomic mass is 9.86. The third-order valence-electron chi connectivity index (χ3n) is 7.51. The maximum atomic E-state index is 13.6. The highest BCUT2D eigenvalue weighted by Gasteiger charge is 2.56. The van der Waals surface area contributed by atoms with E-state index in [2.05, 4.69) is 41.0 Å². The Morgan fingerprint density at radius 3 is 2.22 bits per heavy atom. The van der Waals surface area contributed by atoms with Gasteiger partial charge in [0, 0.05) is 32.2 Å². The maximum Gasteiger partial charge on any atom is 0.327 e. The molecule has 2 aliphatic rings. The molecular weight excluding hydrogens is 462 g/mol. The number of amides is 3. The number of benzene rings is 3. The molecule has 2 heterocycles. The average molecular weight is 496 g/mol. The minimum absolute atomic E-state index is 0.0810. The van der Waals surface area contributed by atoms with Crippen LogP contribution in [0.15, 0.2) is 66.7 Å². The minimum Gasteiger partial charge on any atom is -0.378 e. The number of likely N-dealkylation sites (tertiary alicyclic amines) is 1. The van der Waals surface area contributed by atoms with Crippen LogP contribution in [0.3, 0.4) is 0 Å². The van der Waals surface area contributed by atoms with Gasteiger partial charge in [0.05, 0.1) is 6.54 Å². The van der Waals surface area contributed by atoms with Crippen LogP contribution in [0, 0.1) is 11.8 Å². The summed E-state index contributed by atoms with van der Waals surface area (Å²) in [6.07, 6.45) is 1.24. The number of rotatable bonds is 4. The van der Waals surface area contributed by atoms with Crippen LogP contribution in [0.25, 0.3) is 10.8 Å². The van der Waals surface area contributed by atoms with Crippen molar-refractivity contribution in [2.45, 2.75) is 50.9 Å². The standard InChI is InChI=1S/C31H33N3O3/c1-30(2,37)15-14-23-8-10-24(11-9-23)21-33-18-16-31(17-19-33)28(35)34(29(36)32(31)3)22-25-12-13-26-6-4-5-7-27(26)20-25/h4-13,20,37H,16-19,21-22H2,1-3H3. The first-order chi connectivity index (χ1) is 17.6. The summed E-state index contributed by atoms with van der Waals surface area (Å²) in [5, 5.41) is 12.0. The lowest BCUT2D eigenvalue weighted by Gasteiger charge is -2.40. The molecule has 0 aromatic heterocycles. The van der Waals surface area contributed by atoms with E-state index < -0.39 is 11.1 Å². The smallest absolute Gasteiger partial charge is 0.327 e. The lowest BCUT2D eigenvalue weighted by Crippen LogP contribution is -2.55. The molecule has 3 aromatic rings. The largest absolute Gasteiger partial charge is 0.378 e. The molecule has 6 heteroatoms. The molecule has 3 amide bonds. The summed E-state index contributed by atoms with van der Waals surface area (Å²) in [5.74, 6) is 5.75. The molecule has 6 nitrogen and oxygen atoms in total.